The first-order valence-electron chi connectivity index (χ1n) is 8.41. The molecule has 0 aliphatic carbocycles. The van der Waals surface area contributed by atoms with Crippen molar-refractivity contribution in [1.82, 2.24) is 9.97 Å². The molecule has 0 unspecified atom stereocenters. The zero-order chi connectivity index (χ0) is 18.5. The Kier molecular flexibility index (Phi) is 5.31. The second-order valence-corrected chi connectivity index (χ2v) is 6.01. The zero-order valence-electron chi connectivity index (χ0n) is 14.7. The molecule has 0 spiro atoms. The van der Waals surface area contributed by atoms with E-state index in [1.165, 1.54) is 0 Å². The molecular weight excluding hydrogens is 332 g/mol. The topological polar surface area (TPSA) is 81.3 Å². The number of fused-ring (bicyclic) bond motifs is 1. The number of carbonyl (C=O) groups is 1. The molecule has 3 aromatic rings. The highest BCUT2D eigenvalue weighted by molar-refractivity contribution is 5.77. The molecule has 2 aromatic carbocycles. The minimum Gasteiger partial charge on any atom is -0.493 e. The number of ether oxygens (including phenoxy) is 2. The van der Waals surface area contributed by atoms with Crippen molar-refractivity contribution in [3.63, 3.8) is 0 Å². The van der Waals surface area contributed by atoms with E-state index in [1.54, 1.807) is 31.2 Å². The number of aromatic nitrogens is 2. The molecule has 0 saturated carbocycles. The molecule has 1 heterocycles. The quantitative estimate of drug-likeness (QED) is 0.688. The van der Waals surface area contributed by atoms with Crippen LogP contribution in [0, 0.1) is 6.92 Å². The number of H-pyrrole nitrogens is 1. The maximum Gasteiger partial charge on any atom is 0.309 e. The number of para-hydroxylation sites is 1. The summed E-state index contributed by atoms with van der Waals surface area (Å²) in [4.78, 5) is 31.1. The van der Waals surface area contributed by atoms with Crippen molar-refractivity contribution >= 4 is 16.9 Å². The van der Waals surface area contributed by atoms with Gasteiger partial charge in [-0.25, -0.2) is 4.98 Å². The van der Waals surface area contributed by atoms with Crippen molar-refractivity contribution in [2.24, 2.45) is 0 Å². The Balaban J connectivity index is 1.57. The largest absolute Gasteiger partial charge is 0.493 e. The molecule has 0 radical (unpaired) electrons. The summed E-state index contributed by atoms with van der Waals surface area (Å²) in [7, 11) is 0. The minimum absolute atomic E-state index is 0.107. The van der Waals surface area contributed by atoms with Crippen LogP contribution in [0.1, 0.15) is 30.8 Å². The molecule has 26 heavy (non-hydrogen) atoms. The first kappa shape index (κ1) is 17.7. The molecule has 0 bridgehead atoms. The van der Waals surface area contributed by atoms with Crippen LogP contribution in [0.3, 0.4) is 0 Å². The third-order valence-electron chi connectivity index (χ3n) is 3.92. The van der Waals surface area contributed by atoms with E-state index in [0.717, 1.165) is 5.56 Å². The maximum atomic E-state index is 12.1. The number of hydrogen-bond acceptors (Lipinski definition) is 5. The van der Waals surface area contributed by atoms with Crippen molar-refractivity contribution in [1.29, 1.82) is 0 Å². The van der Waals surface area contributed by atoms with Crippen molar-refractivity contribution in [2.75, 3.05) is 6.61 Å². The molecule has 6 nitrogen and oxygen atoms in total. The number of aryl methyl sites for hydroxylation is 1. The molecule has 0 fully saturated rings. The summed E-state index contributed by atoms with van der Waals surface area (Å²) < 4.78 is 10.9. The normalized spacial score (nSPS) is 11.9. The molecule has 0 aliphatic heterocycles. The van der Waals surface area contributed by atoms with E-state index in [4.69, 9.17) is 9.47 Å². The lowest BCUT2D eigenvalue weighted by molar-refractivity contribution is -0.149. The molecule has 1 N–H and O–H groups in total. The SMILES string of the molecule is Cc1ccc(OCCC(=O)O[C@@H](C)c2nc3ccccc3c(=O)[nH]2)cc1. The Morgan fingerprint density at radius 2 is 1.88 bits per heavy atom. The zero-order valence-corrected chi connectivity index (χ0v) is 14.7. The highest BCUT2D eigenvalue weighted by Gasteiger charge is 2.15. The van der Waals surface area contributed by atoms with Crippen molar-refractivity contribution < 1.29 is 14.3 Å². The number of nitrogens with zero attached hydrogens (tertiary/aromatic N) is 1. The van der Waals surface area contributed by atoms with Crippen LogP contribution in [0.5, 0.6) is 5.75 Å². The predicted molar refractivity (Wildman–Crippen MR) is 98.2 cm³/mol. The number of carbonyl (C=O) groups excluding carboxylic acids is 1. The summed E-state index contributed by atoms with van der Waals surface area (Å²) in [5, 5.41) is 0.501. The molecule has 1 aromatic heterocycles. The van der Waals surface area contributed by atoms with E-state index in [9.17, 15) is 9.59 Å². The highest BCUT2D eigenvalue weighted by atomic mass is 16.5. The lowest BCUT2D eigenvalue weighted by atomic mass is 10.2. The predicted octanol–water partition coefficient (Wildman–Crippen LogP) is 3.30. The van der Waals surface area contributed by atoms with Crippen molar-refractivity contribution in [3.05, 3.63) is 70.3 Å². The number of hydrogen-bond donors (Lipinski definition) is 1. The monoisotopic (exact) mass is 352 g/mol. The van der Waals surface area contributed by atoms with Crippen LogP contribution in [0.25, 0.3) is 10.9 Å². The first-order valence-corrected chi connectivity index (χ1v) is 8.41. The van der Waals surface area contributed by atoms with Gasteiger partial charge in [-0.3, -0.25) is 9.59 Å². The van der Waals surface area contributed by atoms with E-state index in [0.29, 0.717) is 22.5 Å². The second-order valence-electron chi connectivity index (χ2n) is 6.01. The van der Waals surface area contributed by atoms with Gasteiger partial charge < -0.3 is 14.5 Å². The molecule has 1 atom stereocenters. The van der Waals surface area contributed by atoms with Crippen LogP contribution in [0.15, 0.2) is 53.3 Å². The Bertz CT molecular complexity index is 963. The fourth-order valence-corrected chi connectivity index (χ4v) is 2.50. The average Bonchev–Trinajstić information content (AvgIpc) is 2.63. The van der Waals surface area contributed by atoms with Gasteiger partial charge in [0.2, 0.25) is 0 Å². The molecule has 0 saturated heterocycles. The van der Waals surface area contributed by atoms with Crippen LogP contribution in [-0.2, 0) is 9.53 Å². The van der Waals surface area contributed by atoms with Gasteiger partial charge in [0.05, 0.1) is 23.9 Å². The Labute approximate surface area is 150 Å². The molecule has 0 aliphatic rings. The van der Waals surface area contributed by atoms with Crippen LogP contribution >= 0.6 is 0 Å². The van der Waals surface area contributed by atoms with Gasteiger partial charge in [0.1, 0.15) is 5.75 Å². The van der Waals surface area contributed by atoms with Crippen molar-refractivity contribution in [2.45, 2.75) is 26.4 Å². The number of nitrogens with one attached hydrogen (secondary N) is 1. The van der Waals surface area contributed by atoms with Gasteiger partial charge >= 0.3 is 5.97 Å². The van der Waals surface area contributed by atoms with Gasteiger partial charge in [-0.1, -0.05) is 29.8 Å². The molecule has 3 rings (SSSR count). The van der Waals surface area contributed by atoms with Gasteiger partial charge in [0.15, 0.2) is 11.9 Å². The number of benzene rings is 2. The minimum atomic E-state index is -0.654. The Morgan fingerprint density at radius 3 is 2.65 bits per heavy atom. The smallest absolute Gasteiger partial charge is 0.309 e. The maximum absolute atomic E-state index is 12.1. The lowest BCUT2D eigenvalue weighted by Crippen LogP contribution is -2.18. The summed E-state index contributed by atoms with van der Waals surface area (Å²) in [5.41, 5.74) is 1.45. The fourth-order valence-electron chi connectivity index (χ4n) is 2.50. The van der Waals surface area contributed by atoms with Gasteiger partial charge in [-0.15, -0.1) is 0 Å². The third-order valence-corrected chi connectivity index (χ3v) is 3.92. The molecule has 134 valence electrons. The van der Waals surface area contributed by atoms with Crippen LogP contribution in [-0.4, -0.2) is 22.5 Å². The summed E-state index contributed by atoms with van der Waals surface area (Å²) in [6.07, 6.45) is -0.546. The van der Waals surface area contributed by atoms with Crippen LogP contribution < -0.4 is 10.3 Å². The molecular formula is C20H20N2O4. The second kappa shape index (κ2) is 7.82. The molecule has 0 amide bonds. The van der Waals surface area contributed by atoms with Crippen molar-refractivity contribution in [3.8, 4) is 5.75 Å². The number of aromatic amines is 1. The van der Waals surface area contributed by atoms with E-state index in [2.05, 4.69) is 9.97 Å². The molecule has 6 heteroatoms. The first-order chi connectivity index (χ1) is 12.5. The van der Waals surface area contributed by atoms with Gasteiger partial charge in [0.25, 0.3) is 5.56 Å². The van der Waals surface area contributed by atoms with E-state index >= 15 is 0 Å². The van der Waals surface area contributed by atoms with Gasteiger partial charge in [0, 0.05) is 0 Å². The lowest BCUT2D eigenvalue weighted by Gasteiger charge is -2.13. The van der Waals surface area contributed by atoms with Gasteiger partial charge in [-0.2, -0.15) is 0 Å². The number of esters is 1. The fraction of sp³-hybridized carbons (Fsp3) is 0.250. The number of rotatable bonds is 6. The summed E-state index contributed by atoms with van der Waals surface area (Å²) in [6, 6.07) is 14.6. The van der Waals surface area contributed by atoms with Crippen LogP contribution in [0.4, 0.5) is 0 Å². The van der Waals surface area contributed by atoms with E-state index < -0.39 is 12.1 Å². The third kappa shape index (κ3) is 4.27. The van der Waals surface area contributed by atoms with E-state index in [1.807, 2.05) is 31.2 Å². The Hall–Kier alpha value is -3.15. The average molecular weight is 352 g/mol. The Morgan fingerprint density at radius 1 is 1.15 bits per heavy atom. The highest BCUT2D eigenvalue weighted by Crippen LogP contribution is 2.16. The van der Waals surface area contributed by atoms with Gasteiger partial charge in [-0.05, 0) is 38.1 Å². The summed E-state index contributed by atoms with van der Waals surface area (Å²) in [5.74, 6) is 0.610. The summed E-state index contributed by atoms with van der Waals surface area (Å²) >= 11 is 0. The van der Waals surface area contributed by atoms with Crippen LogP contribution in [0.2, 0.25) is 0 Å². The standard InChI is InChI=1S/C20H20N2O4/c1-13-7-9-15(10-8-13)25-12-11-18(23)26-14(2)19-21-17-6-4-3-5-16(17)20(24)22-19/h3-10,14H,11-12H2,1-2H3,(H,21,22,24)/t14-/m0/s1. The summed E-state index contributed by atoms with van der Waals surface area (Å²) in [6.45, 7) is 3.88. The van der Waals surface area contributed by atoms with E-state index in [-0.39, 0.29) is 18.6 Å².